The molecule has 2 aromatic heterocycles. The number of aromatic nitrogens is 5. The zero-order valence-electron chi connectivity index (χ0n) is 11.2. The number of aryl methyl sites for hydroxylation is 1. The number of tetrazole rings is 1. The van der Waals surface area contributed by atoms with E-state index in [0.717, 1.165) is 26.7 Å². The van der Waals surface area contributed by atoms with Crippen molar-refractivity contribution in [3.63, 3.8) is 0 Å². The summed E-state index contributed by atoms with van der Waals surface area (Å²) in [5.74, 6) is 0. The van der Waals surface area contributed by atoms with Crippen molar-refractivity contribution < 1.29 is 9.13 Å². The van der Waals surface area contributed by atoms with Crippen molar-refractivity contribution >= 4 is 27.3 Å². The summed E-state index contributed by atoms with van der Waals surface area (Å²) in [6.45, 7) is 0.104. The minimum absolute atomic E-state index is 0.104. The molecule has 0 spiro atoms. The predicted molar refractivity (Wildman–Crippen MR) is 80.7 cm³/mol. The Balaban J connectivity index is 1.96. The van der Waals surface area contributed by atoms with Crippen molar-refractivity contribution in [2.24, 2.45) is 7.05 Å². The topological polar surface area (TPSA) is 74.8 Å². The Morgan fingerprint density at radius 3 is 2.86 bits per heavy atom. The summed E-state index contributed by atoms with van der Waals surface area (Å²) in [5, 5.41) is 7.29. The van der Waals surface area contributed by atoms with E-state index in [1.807, 2.05) is 6.07 Å². The van der Waals surface area contributed by atoms with E-state index in [0.29, 0.717) is 11.3 Å². The number of ether oxygens (including phenoxy) is 1. The maximum atomic E-state index is 12.9. The zero-order valence-corrected chi connectivity index (χ0v) is 13.6. The summed E-state index contributed by atoms with van der Waals surface area (Å²) in [6.07, 6.45) is 1.09. The zero-order chi connectivity index (χ0) is 15.7. The molecule has 7 nitrogen and oxygen atoms in total. The average Bonchev–Trinajstić information content (AvgIpc) is 3.05. The molecule has 0 fully saturated rings. The number of thiazole rings is 1. The van der Waals surface area contributed by atoms with Gasteiger partial charge in [-0.25, -0.2) is 9.78 Å². The van der Waals surface area contributed by atoms with E-state index >= 15 is 0 Å². The van der Waals surface area contributed by atoms with Gasteiger partial charge in [-0.1, -0.05) is 22.0 Å². The Hall–Kier alpha value is -2.07. The van der Waals surface area contributed by atoms with E-state index < -0.39 is 5.13 Å². The van der Waals surface area contributed by atoms with Crippen LogP contribution in [0.4, 0.5) is 4.39 Å². The minimum Gasteiger partial charge on any atom is -0.465 e. The van der Waals surface area contributed by atoms with Gasteiger partial charge in [0, 0.05) is 17.1 Å². The van der Waals surface area contributed by atoms with Crippen molar-refractivity contribution in [2.45, 2.75) is 6.61 Å². The molecule has 10 heteroatoms. The highest BCUT2D eigenvalue weighted by Crippen LogP contribution is 2.26. The molecule has 22 heavy (non-hydrogen) atoms. The molecule has 0 radical (unpaired) electrons. The maximum Gasteiger partial charge on any atom is 0.368 e. The van der Waals surface area contributed by atoms with Crippen molar-refractivity contribution in [3.8, 4) is 10.9 Å². The van der Waals surface area contributed by atoms with Crippen LogP contribution in [0.2, 0.25) is 0 Å². The van der Waals surface area contributed by atoms with Crippen molar-refractivity contribution in [1.29, 1.82) is 0 Å². The molecular formula is C12H9BrFN5O2S. The Morgan fingerprint density at radius 1 is 1.41 bits per heavy atom. The molecule has 0 atom stereocenters. The highest BCUT2D eigenvalue weighted by molar-refractivity contribution is 9.10. The summed E-state index contributed by atoms with van der Waals surface area (Å²) in [7, 11) is 1.51. The van der Waals surface area contributed by atoms with Crippen LogP contribution in [-0.2, 0) is 13.7 Å². The Bertz CT molecular complexity index is 875. The Morgan fingerprint density at radius 2 is 2.23 bits per heavy atom. The average molecular weight is 386 g/mol. The van der Waals surface area contributed by atoms with E-state index in [4.69, 9.17) is 4.74 Å². The van der Waals surface area contributed by atoms with Gasteiger partial charge in [0.1, 0.15) is 6.61 Å². The standard InChI is InChI=1S/C12H9BrFN5O2S/c1-18-12(20)19(17-16-18)9-4-2-3-8(13)7(9)6-21-11-15-5-10(14)22-11/h2-5H,6H2,1H3. The van der Waals surface area contributed by atoms with Gasteiger partial charge < -0.3 is 4.74 Å². The normalized spacial score (nSPS) is 10.9. The van der Waals surface area contributed by atoms with Crippen LogP contribution in [0.25, 0.3) is 5.69 Å². The molecule has 2 heterocycles. The molecule has 0 bridgehead atoms. The number of halogens is 2. The number of benzene rings is 1. The van der Waals surface area contributed by atoms with Gasteiger partial charge in [0.2, 0.25) is 0 Å². The van der Waals surface area contributed by atoms with Crippen LogP contribution in [0.1, 0.15) is 5.56 Å². The third-order valence-electron chi connectivity index (χ3n) is 2.84. The fourth-order valence-electron chi connectivity index (χ4n) is 1.79. The lowest BCUT2D eigenvalue weighted by molar-refractivity contribution is 0.303. The molecular weight excluding hydrogens is 377 g/mol. The van der Waals surface area contributed by atoms with E-state index in [2.05, 4.69) is 31.3 Å². The molecule has 0 saturated carbocycles. The first kappa shape index (κ1) is 14.9. The van der Waals surface area contributed by atoms with Crippen LogP contribution in [0.3, 0.4) is 0 Å². The fraction of sp³-hybridized carbons (Fsp3) is 0.167. The predicted octanol–water partition coefficient (Wildman–Crippen LogP) is 1.90. The summed E-state index contributed by atoms with van der Waals surface area (Å²) in [4.78, 5) is 15.8. The van der Waals surface area contributed by atoms with Gasteiger partial charge >= 0.3 is 5.69 Å². The van der Waals surface area contributed by atoms with Gasteiger partial charge in [0.25, 0.3) is 5.19 Å². The van der Waals surface area contributed by atoms with E-state index in [1.54, 1.807) is 12.1 Å². The molecule has 0 saturated heterocycles. The lowest BCUT2D eigenvalue weighted by Gasteiger charge is -2.10. The minimum atomic E-state index is -0.424. The van der Waals surface area contributed by atoms with Crippen LogP contribution in [-0.4, -0.2) is 24.8 Å². The Labute approximate surface area is 136 Å². The molecule has 0 aliphatic carbocycles. The van der Waals surface area contributed by atoms with Gasteiger partial charge in [0.05, 0.1) is 11.9 Å². The fourth-order valence-corrected chi connectivity index (χ4v) is 2.76. The molecule has 0 aliphatic rings. The molecule has 0 N–H and O–H groups in total. The molecule has 0 amide bonds. The van der Waals surface area contributed by atoms with Crippen molar-refractivity contribution in [2.75, 3.05) is 0 Å². The van der Waals surface area contributed by atoms with E-state index in [9.17, 15) is 9.18 Å². The van der Waals surface area contributed by atoms with Gasteiger partial charge in [0.15, 0.2) is 5.13 Å². The summed E-state index contributed by atoms with van der Waals surface area (Å²) < 4.78 is 21.4. The lowest BCUT2D eigenvalue weighted by Crippen LogP contribution is -2.23. The largest absolute Gasteiger partial charge is 0.465 e. The molecule has 114 valence electrons. The van der Waals surface area contributed by atoms with Gasteiger partial charge in [-0.2, -0.15) is 13.8 Å². The van der Waals surface area contributed by atoms with E-state index in [-0.39, 0.29) is 17.5 Å². The summed E-state index contributed by atoms with van der Waals surface area (Å²) in [6, 6.07) is 5.31. The van der Waals surface area contributed by atoms with Crippen LogP contribution in [0.5, 0.6) is 5.19 Å². The first-order valence-corrected chi connectivity index (χ1v) is 7.68. The smallest absolute Gasteiger partial charge is 0.368 e. The van der Waals surface area contributed by atoms with Crippen molar-refractivity contribution in [1.82, 2.24) is 24.8 Å². The maximum absolute atomic E-state index is 12.9. The Kier molecular flexibility index (Phi) is 4.03. The van der Waals surface area contributed by atoms with Gasteiger partial charge in [-0.05, 0) is 33.9 Å². The van der Waals surface area contributed by atoms with Crippen molar-refractivity contribution in [3.05, 3.63) is 50.0 Å². The number of hydrogen-bond donors (Lipinski definition) is 0. The second-order valence-electron chi connectivity index (χ2n) is 4.25. The number of nitrogens with zero attached hydrogens (tertiary/aromatic N) is 5. The number of rotatable bonds is 4. The first-order chi connectivity index (χ1) is 10.6. The van der Waals surface area contributed by atoms with E-state index in [1.165, 1.54) is 11.7 Å². The lowest BCUT2D eigenvalue weighted by atomic mass is 10.2. The highest BCUT2D eigenvalue weighted by Gasteiger charge is 2.15. The third kappa shape index (κ3) is 2.79. The third-order valence-corrected chi connectivity index (χ3v) is 4.28. The van der Waals surface area contributed by atoms with Crippen LogP contribution < -0.4 is 10.4 Å². The molecule has 1 aromatic carbocycles. The second kappa shape index (κ2) is 5.97. The molecule has 0 aliphatic heterocycles. The highest BCUT2D eigenvalue weighted by atomic mass is 79.9. The summed E-state index contributed by atoms with van der Waals surface area (Å²) in [5.41, 5.74) is 0.838. The number of hydrogen-bond acceptors (Lipinski definition) is 6. The second-order valence-corrected chi connectivity index (χ2v) is 6.05. The van der Waals surface area contributed by atoms with Gasteiger partial charge in [-0.15, -0.1) is 0 Å². The van der Waals surface area contributed by atoms with Crippen LogP contribution in [0.15, 0.2) is 33.7 Å². The molecule has 3 rings (SSSR count). The summed E-state index contributed by atoms with van der Waals surface area (Å²) >= 11 is 4.22. The molecule has 0 unspecified atom stereocenters. The monoisotopic (exact) mass is 385 g/mol. The quantitative estimate of drug-likeness (QED) is 0.685. The molecule has 3 aromatic rings. The first-order valence-electron chi connectivity index (χ1n) is 6.07. The van der Waals surface area contributed by atoms with Crippen LogP contribution in [0, 0.1) is 5.13 Å². The SMILES string of the molecule is Cn1nnn(-c2cccc(Br)c2COc2ncc(F)s2)c1=O. The van der Waals surface area contributed by atoms with Crippen LogP contribution >= 0.6 is 27.3 Å². The van der Waals surface area contributed by atoms with Gasteiger partial charge in [-0.3, -0.25) is 0 Å².